The molecule has 2 N–H and O–H groups in total. The van der Waals surface area contributed by atoms with Crippen LogP contribution < -0.4 is 10.5 Å². The van der Waals surface area contributed by atoms with Crippen LogP contribution in [-0.2, 0) is 21.3 Å². The molecule has 25 heavy (non-hydrogen) atoms. The second-order valence-corrected chi connectivity index (χ2v) is 6.95. The Hall–Kier alpha value is -2.91. The van der Waals surface area contributed by atoms with Gasteiger partial charge in [-0.25, -0.2) is 22.7 Å². The van der Waals surface area contributed by atoms with E-state index in [1.165, 1.54) is 25.3 Å². The first-order valence-corrected chi connectivity index (χ1v) is 8.67. The number of hydrogen-bond donors (Lipinski definition) is 2. The zero-order valence-corrected chi connectivity index (χ0v) is 13.9. The van der Waals surface area contributed by atoms with Gasteiger partial charge in [-0.2, -0.15) is 0 Å². The molecule has 0 bridgehead atoms. The molecular formula is C16H14N2O6S. The van der Waals surface area contributed by atoms with Gasteiger partial charge in [0.25, 0.3) is 0 Å². The minimum absolute atomic E-state index is 0.0195. The molecule has 0 amide bonds. The van der Waals surface area contributed by atoms with Crippen molar-refractivity contribution >= 4 is 27.1 Å². The number of carbonyl (C=O) groups is 1. The van der Waals surface area contributed by atoms with Gasteiger partial charge < -0.3 is 9.15 Å². The second kappa shape index (κ2) is 6.54. The van der Waals surface area contributed by atoms with E-state index in [2.05, 4.69) is 14.4 Å². The lowest BCUT2D eigenvalue weighted by Gasteiger charge is -2.07. The number of fused-ring (bicyclic) bond motifs is 1. The number of aromatic amines is 1. The summed E-state index contributed by atoms with van der Waals surface area (Å²) < 4.78 is 36.6. The zero-order valence-electron chi connectivity index (χ0n) is 13.1. The van der Waals surface area contributed by atoms with Crippen LogP contribution in [0.5, 0.6) is 0 Å². The number of nitrogens with one attached hydrogen (secondary N) is 2. The van der Waals surface area contributed by atoms with E-state index in [1.54, 1.807) is 24.3 Å². The summed E-state index contributed by atoms with van der Waals surface area (Å²) in [5.41, 5.74) is 1.63. The summed E-state index contributed by atoms with van der Waals surface area (Å²) in [7, 11) is -2.50. The van der Waals surface area contributed by atoms with Crippen molar-refractivity contribution in [2.24, 2.45) is 0 Å². The third-order valence-electron chi connectivity index (χ3n) is 3.54. The molecule has 0 radical (unpaired) electrons. The predicted octanol–water partition coefficient (Wildman–Crippen LogP) is 1.39. The molecule has 0 aliphatic heterocycles. The van der Waals surface area contributed by atoms with E-state index in [4.69, 9.17) is 4.42 Å². The van der Waals surface area contributed by atoms with Gasteiger partial charge >= 0.3 is 11.7 Å². The van der Waals surface area contributed by atoms with Gasteiger partial charge in [-0.1, -0.05) is 12.1 Å². The van der Waals surface area contributed by atoms with Crippen LogP contribution in [0.2, 0.25) is 0 Å². The Morgan fingerprint density at radius 3 is 2.60 bits per heavy atom. The summed E-state index contributed by atoms with van der Waals surface area (Å²) in [6.07, 6.45) is 0. The van der Waals surface area contributed by atoms with Crippen molar-refractivity contribution in [2.75, 3.05) is 7.11 Å². The van der Waals surface area contributed by atoms with E-state index < -0.39 is 21.7 Å². The monoisotopic (exact) mass is 362 g/mol. The maximum absolute atomic E-state index is 12.4. The lowest BCUT2D eigenvalue weighted by molar-refractivity contribution is 0.0600. The van der Waals surface area contributed by atoms with Crippen molar-refractivity contribution in [3.8, 4) is 0 Å². The highest BCUT2D eigenvalue weighted by Crippen LogP contribution is 2.17. The highest BCUT2D eigenvalue weighted by molar-refractivity contribution is 7.89. The number of H-pyrrole nitrogens is 1. The maximum atomic E-state index is 12.4. The number of hydrogen-bond acceptors (Lipinski definition) is 6. The van der Waals surface area contributed by atoms with Crippen LogP contribution in [0.3, 0.4) is 0 Å². The van der Waals surface area contributed by atoms with Gasteiger partial charge in [-0.3, -0.25) is 4.98 Å². The molecule has 0 aliphatic carbocycles. The molecule has 8 nitrogen and oxygen atoms in total. The number of aromatic nitrogens is 1. The molecule has 0 spiro atoms. The third-order valence-corrected chi connectivity index (χ3v) is 4.94. The largest absolute Gasteiger partial charge is 0.465 e. The summed E-state index contributed by atoms with van der Waals surface area (Å²) in [6, 6.07) is 10.5. The van der Waals surface area contributed by atoms with E-state index in [0.29, 0.717) is 16.6 Å². The zero-order chi connectivity index (χ0) is 18.0. The van der Waals surface area contributed by atoms with Crippen LogP contribution in [0, 0.1) is 0 Å². The molecule has 130 valence electrons. The fraction of sp³-hybridized carbons (Fsp3) is 0.125. The van der Waals surface area contributed by atoms with E-state index in [-0.39, 0.29) is 17.0 Å². The van der Waals surface area contributed by atoms with Crippen molar-refractivity contribution in [3.63, 3.8) is 0 Å². The smallest absolute Gasteiger partial charge is 0.417 e. The molecule has 0 fully saturated rings. The minimum atomic E-state index is -3.79. The molecule has 9 heteroatoms. The first-order valence-electron chi connectivity index (χ1n) is 7.19. The second-order valence-electron chi connectivity index (χ2n) is 5.19. The van der Waals surface area contributed by atoms with Crippen LogP contribution in [0.4, 0.5) is 0 Å². The van der Waals surface area contributed by atoms with Crippen molar-refractivity contribution in [1.29, 1.82) is 0 Å². The number of carbonyl (C=O) groups excluding carboxylic acids is 1. The summed E-state index contributed by atoms with van der Waals surface area (Å²) in [6.45, 7) is 0.0406. The minimum Gasteiger partial charge on any atom is -0.465 e. The van der Waals surface area contributed by atoms with Crippen LogP contribution in [0.1, 0.15) is 15.9 Å². The Kier molecular flexibility index (Phi) is 4.43. The number of sulfonamides is 1. The average Bonchev–Trinajstić information content (AvgIpc) is 2.99. The summed E-state index contributed by atoms with van der Waals surface area (Å²) in [5.74, 6) is -1.11. The molecule has 0 saturated carbocycles. The predicted molar refractivity (Wildman–Crippen MR) is 88.6 cm³/mol. The highest BCUT2D eigenvalue weighted by atomic mass is 32.2. The SMILES string of the molecule is COC(=O)c1ccc(CNS(=O)(=O)c2ccc3[nH]c(=O)oc3c2)cc1. The Bertz CT molecular complexity index is 1080. The lowest BCUT2D eigenvalue weighted by Crippen LogP contribution is -2.23. The maximum Gasteiger partial charge on any atom is 0.417 e. The van der Waals surface area contributed by atoms with Gasteiger partial charge in [0.15, 0.2) is 5.58 Å². The standard InChI is InChI=1S/C16H14N2O6S/c1-23-15(19)11-4-2-10(3-5-11)9-17-25(21,22)12-6-7-13-14(8-12)24-16(20)18-13/h2-8,17H,9H2,1H3,(H,18,20). The Balaban J connectivity index is 1.76. The first kappa shape index (κ1) is 16.9. The number of methoxy groups -OCH3 is 1. The molecule has 0 aliphatic rings. The molecule has 1 aromatic heterocycles. The Morgan fingerprint density at radius 1 is 1.20 bits per heavy atom. The molecule has 0 saturated heterocycles. The van der Waals surface area contributed by atoms with Crippen molar-refractivity contribution in [2.45, 2.75) is 11.4 Å². The van der Waals surface area contributed by atoms with Crippen LogP contribution in [0.25, 0.3) is 11.1 Å². The number of rotatable bonds is 5. The average molecular weight is 362 g/mol. The molecule has 0 atom stereocenters. The quantitative estimate of drug-likeness (QED) is 0.662. The van der Waals surface area contributed by atoms with E-state index in [1.807, 2.05) is 0 Å². The molecule has 1 heterocycles. The fourth-order valence-electron chi connectivity index (χ4n) is 2.23. The Labute approximate surface area is 142 Å². The van der Waals surface area contributed by atoms with Gasteiger partial charge in [-0.05, 0) is 29.8 Å². The number of ether oxygens (including phenoxy) is 1. The van der Waals surface area contributed by atoms with Gasteiger partial charge in [-0.15, -0.1) is 0 Å². The summed E-state index contributed by atoms with van der Waals surface area (Å²) in [5, 5.41) is 0. The van der Waals surface area contributed by atoms with Gasteiger partial charge in [0.1, 0.15) is 0 Å². The summed E-state index contributed by atoms with van der Waals surface area (Å²) >= 11 is 0. The highest BCUT2D eigenvalue weighted by Gasteiger charge is 2.16. The third kappa shape index (κ3) is 3.62. The number of esters is 1. The van der Waals surface area contributed by atoms with Gasteiger partial charge in [0.05, 0.1) is 23.1 Å². The van der Waals surface area contributed by atoms with Crippen LogP contribution >= 0.6 is 0 Å². The number of benzene rings is 2. The summed E-state index contributed by atoms with van der Waals surface area (Å²) in [4.78, 5) is 24.9. The van der Waals surface area contributed by atoms with Crippen LogP contribution in [0.15, 0.2) is 56.6 Å². The van der Waals surface area contributed by atoms with Crippen molar-refractivity contribution in [1.82, 2.24) is 9.71 Å². The van der Waals surface area contributed by atoms with Crippen molar-refractivity contribution in [3.05, 3.63) is 64.1 Å². The molecule has 0 unspecified atom stereocenters. The molecular weight excluding hydrogens is 348 g/mol. The Morgan fingerprint density at radius 2 is 1.92 bits per heavy atom. The van der Waals surface area contributed by atoms with Gasteiger partial charge in [0, 0.05) is 12.6 Å². The topological polar surface area (TPSA) is 118 Å². The van der Waals surface area contributed by atoms with E-state index >= 15 is 0 Å². The lowest BCUT2D eigenvalue weighted by atomic mass is 10.1. The van der Waals surface area contributed by atoms with E-state index in [9.17, 15) is 18.0 Å². The first-order chi connectivity index (χ1) is 11.9. The fourth-order valence-corrected chi connectivity index (χ4v) is 3.26. The van der Waals surface area contributed by atoms with Crippen molar-refractivity contribution < 1.29 is 22.4 Å². The van der Waals surface area contributed by atoms with E-state index in [0.717, 1.165) is 0 Å². The normalized spacial score (nSPS) is 11.6. The van der Waals surface area contributed by atoms with Gasteiger partial charge in [0.2, 0.25) is 10.0 Å². The van der Waals surface area contributed by atoms with Crippen LogP contribution in [-0.4, -0.2) is 26.5 Å². The molecule has 2 aromatic carbocycles. The molecule has 3 aromatic rings. The number of oxazole rings is 1. The molecule has 3 rings (SSSR count).